The zero-order chi connectivity index (χ0) is 12.8. The summed E-state index contributed by atoms with van der Waals surface area (Å²) in [5.74, 6) is -0.0602. The van der Waals surface area contributed by atoms with Crippen LogP contribution in [0.2, 0.25) is 0 Å². The molecule has 4 heteroatoms. The van der Waals surface area contributed by atoms with Gasteiger partial charge in [-0.2, -0.15) is 0 Å². The third kappa shape index (κ3) is 4.02. The van der Waals surface area contributed by atoms with Crippen molar-refractivity contribution in [1.82, 2.24) is 10.3 Å². The highest BCUT2D eigenvalue weighted by atomic mass is 16.2. The highest BCUT2D eigenvalue weighted by Gasteiger charge is 2.24. The molecule has 1 saturated carbocycles. The summed E-state index contributed by atoms with van der Waals surface area (Å²) in [7, 11) is 0. The Morgan fingerprint density at radius 1 is 1.39 bits per heavy atom. The first-order valence-corrected chi connectivity index (χ1v) is 6.80. The summed E-state index contributed by atoms with van der Waals surface area (Å²) in [6.07, 6.45) is 7.56. The molecule has 0 aliphatic heterocycles. The van der Waals surface area contributed by atoms with Crippen LogP contribution in [0.3, 0.4) is 0 Å². The van der Waals surface area contributed by atoms with Crippen LogP contribution in [0.25, 0.3) is 0 Å². The van der Waals surface area contributed by atoms with E-state index in [1.807, 2.05) is 6.07 Å². The van der Waals surface area contributed by atoms with Crippen LogP contribution in [0.4, 0.5) is 5.69 Å². The van der Waals surface area contributed by atoms with Crippen LogP contribution >= 0.6 is 0 Å². The summed E-state index contributed by atoms with van der Waals surface area (Å²) in [5.41, 5.74) is 1.48. The fraction of sp³-hybridized carbons (Fsp3) is 0.571. The Balaban J connectivity index is 1.78. The number of nitrogens with zero attached hydrogens (tertiary/aromatic N) is 1. The smallest absolute Gasteiger partial charge is 0.270 e. The van der Waals surface area contributed by atoms with Crippen molar-refractivity contribution < 1.29 is 4.79 Å². The van der Waals surface area contributed by atoms with Crippen molar-refractivity contribution in [2.24, 2.45) is 0 Å². The van der Waals surface area contributed by atoms with Gasteiger partial charge in [-0.25, -0.2) is 4.98 Å². The quantitative estimate of drug-likeness (QED) is 0.728. The molecule has 1 aromatic heterocycles. The Bertz CT molecular complexity index is 385. The van der Waals surface area contributed by atoms with Gasteiger partial charge in [-0.3, -0.25) is 4.79 Å². The molecule has 1 aliphatic rings. The normalized spacial score (nSPS) is 14.3. The van der Waals surface area contributed by atoms with E-state index >= 15 is 0 Å². The summed E-state index contributed by atoms with van der Waals surface area (Å²) in [6, 6.07) is 4.08. The van der Waals surface area contributed by atoms with Gasteiger partial charge in [0.05, 0.1) is 11.9 Å². The van der Waals surface area contributed by atoms with E-state index in [4.69, 9.17) is 0 Å². The number of carbonyl (C=O) groups is 1. The highest BCUT2D eigenvalue weighted by molar-refractivity contribution is 5.92. The van der Waals surface area contributed by atoms with Crippen molar-refractivity contribution in [1.29, 1.82) is 0 Å². The number of carbonyl (C=O) groups excluding carboxylic acids is 1. The molecule has 0 unspecified atom stereocenters. The number of hydrogen-bond donors (Lipinski definition) is 2. The summed E-state index contributed by atoms with van der Waals surface area (Å²) in [4.78, 5) is 15.9. The summed E-state index contributed by atoms with van der Waals surface area (Å²) < 4.78 is 0. The lowest BCUT2D eigenvalue weighted by molar-refractivity contribution is 0.0946. The van der Waals surface area contributed by atoms with Crippen LogP contribution in [-0.4, -0.2) is 23.5 Å². The fourth-order valence-electron chi connectivity index (χ4n) is 1.73. The van der Waals surface area contributed by atoms with Gasteiger partial charge in [0.1, 0.15) is 5.69 Å². The van der Waals surface area contributed by atoms with Crippen LogP contribution in [0.5, 0.6) is 0 Å². The van der Waals surface area contributed by atoms with Gasteiger partial charge in [-0.15, -0.1) is 0 Å². The van der Waals surface area contributed by atoms with Gasteiger partial charge in [-0.1, -0.05) is 19.8 Å². The minimum absolute atomic E-state index is 0.0602. The Kier molecular flexibility index (Phi) is 4.56. The molecule has 1 aliphatic carbocycles. The van der Waals surface area contributed by atoms with Crippen LogP contribution in [0.15, 0.2) is 18.3 Å². The second-order valence-electron chi connectivity index (χ2n) is 4.81. The third-order valence-corrected chi connectivity index (χ3v) is 3.02. The molecule has 1 aromatic rings. The van der Waals surface area contributed by atoms with Gasteiger partial charge in [0.2, 0.25) is 0 Å². The van der Waals surface area contributed by atoms with Crippen molar-refractivity contribution in [3.05, 3.63) is 24.0 Å². The van der Waals surface area contributed by atoms with Crippen molar-refractivity contribution in [3.63, 3.8) is 0 Å². The zero-order valence-electron chi connectivity index (χ0n) is 10.9. The maximum Gasteiger partial charge on any atom is 0.270 e. The lowest BCUT2D eigenvalue weighted by atomic mass is 10.2. The Morgan fingerprint density at radius 3 is 2.83 bits per heavy atom. The van der Waals surface area contributed by atoms with E-state index in [0.29, 0.717) is 11.7 Å². The van der Waals surface area contributed by atoms with Gasteiger partial charge in [0.25, 0.3) is 5.91 Å². The van der Waals surface area contributed by atoms with Crippen LogP contribution in [0, 0.1) is 0 Å². The first-order chi connectivity index (χ1) is 8.79. The van der Waals surface area contributed by atoms with Crippen molar-refractivity contribution >= 4 is 11.6 Å². The Morgan fingerprint density at radius 2 is 2.22 bits per heavy atom. The molecule has 1 amide bonds. The molecule has 0 spiro atoms. The van der Waals surface area contributed by atoms with E-state index in [-0.39, 0.29) is 5.91 Å². The van der Waals surface area contributed by atoms with Gasteiger partial charge in [0, 0.05) is 12.6 Å². The molecule has 1 heterocycles. The van der Waals surface area contributed by atoms with Gasteiger partial charge < -0.3 is 10.6 Å². The maximum absolute atomic E-state index is 11.7. The van der Waals surface area contributed by atoms with Crippen LogP contribution in [0.1, 0.15) is 49.5 Å². The number of amides is 1. The number of aromatic nitrogens is 1. The molecular formula is C14H21N3O. The van der Waals surface area contributed by atoms with E-state index in [2.05, 4.69) is 22.5 Å². The largest absolute Gasteiger partial charge is 0.384 e. The lowest BCUT2D eigenvalue weighted by Crippen LogP contribution is -2.26. The number of anilines is 1. The molecular weight excluding hydrogens is 226 g/mol. The third-order valence-electron chi connectivity index (χ3n) is 3.02. The molecule has 18 heavy (non-hydrogen) atoms. The highest BCUT2D eigenvalue weighted by Crippen LogP contribution is 2.19. The topological polar surface area (TPSA) is 54.0 Å². The number of nitrogens with one attached hydrogen (secondary N) is 2. The number of pyridine rings is 1. The fourth-order valence-corrected chi connectivity index (χ4v) is 1.73. The number of rotatable bonds is 7. The second-order valence-corrected chi connectivity index (χ2v) is 4.81. The SMILES string of the molecule is CCCCCNc1ccc(C(=O)NC2CC2)nc1. The van der Waals surface area contributed by atoms with Crippen molar-refractivity contribution in [2.45, 2.75) is 45.1 Å². The predicted molar refractivity (Wildman–Crippen MR) is 72.7 cm³/mol. The molecule has 2 rings (SSSR count). The Labute approximate surface area is 108 Å². The molecule has 1 fully saturated rings. The van der Waals surface area contributed by atoms with Crippen LogP contribution in [-0.2, 0) is 0 Å². The van der Waals surface area contributed by atoms with E-state index in [1.165, 1.54) is 19.3 Å². The molecule has 0 atom stereocenters. The molecule has 0 aromatic carbocycles. The predicted octanol–water partition coefficient (Wildman–Crippen LogP) is 2.58. The van der Waals surface area contributed by atoms with Crippen LogP contribution < -0.4 is 10.6 Å². The van der Waals surface area contributed by atoms with Crippen molar-refractivity contribution in [2.75, 3.05) is 11.9 Å². The minimum atomic E-state index is -0.0602. The maximum atomic E-state index is 11.7. The Hall–Kier alpha value is -1.58. The van der Waals surface area contributed by atoms with E-state index in [0.717, 1.165) is 25.1 Å². The molecule has 0 saturated heterocycles. The number of hydrogen-bond acceptors (Lipinski definition) is 3. The zero-order valence-corrected chi connectivity index (χ0v) is 10.9. The molecule has 2 N–H and O–H groups in total. The second kappa shape index (κ2) is 6.38. The van der Waals surface area contributed by atoms with Gasteiger partial charge in [-0.05, 0) is 31.4 Å². The molecule has 98 valence electrons. The summed E-state index contributed by atoms with van der Waals surface area (Å²) >= 11 is 0. The van der Waals surface area contributed by atoms with Crippen molar-refractivity contribution in [3.8, 4) is 0 Å². The van der Waals surface area contributed by atoms with Gasteiger partial charge >= 0.3 is 0 Å². The molecule has 0 bridgehead atoms. The molecule has 4 nitrogen and oxygen atoms in total. The average molecular weight is 247 g/mol. The summed E-state index contributed by atoms with van der Waals surface area (Å²) in [6.45, 7) is 3.15. The first-order valence-electron chi connectivity index (χ1n) is 6.80. The van der Waals surface area contributed by atoms with E-state index < -0.39 is 0 Å². The lowest BCUT2D eigenvalue weighted by Gasteiger charge is -2.06. The van der Waals surface area contributed by atoms with Gasteiger partial charge in [0.15, 0.2) is 0 Å². The number of unbranched alkanes of at least 4 members (excludes halogenated alkanes) is 2. The average Bonchev–Trinajstić information content (AvgIpc) is 3.19. The van der Waals surface area contributed by atoms with E-state index in [1.54, 1.807) is 12.3 Å². The first kappa shape index (κ1) is 12.9. The standard InChI is InChI=1S/C14H21N3O/c1-2-3-4-9-15-12-7-8-13(16-10-12)14(18)17-11-5-6-11/h7-8,10-11,15H,2-6,9H2,1H3,(H,17,18). The minimum Gasteiger partial charge on any atom is -0.384 e. The molecule has 0 radical (unpaired) electrons. The monoisotopic (exact) mass is 247 g/mol. The van der Waals surface area contributed by atoms with E-state index in [9.17, 15) is 4.79 Å². The summed E-state index contributed by atoms with van der Waals surface area (Å²) in [5, 5.41) is 6.23.